The van der Waals surface area contributed by atoms with Gasteiger partial charge in [-0.2, -0.15) is 13.2 Å². The predicted octanol–water partition coefficient (Wildman–Crippen LogP) is 4.58. The van der Waals surface area contributed by atoms with Crippen LogP contribution < -0.4 is 5.32 Å². The molecule has 2 aromatic carbocycles. The van der Waals surface area contributed by atoms with Crippen molar-refractivity contribution in [2.45, 2.75) is 36.8 Å². The highest BCUT2D eigenvalue weighted by Gasteiger charge is 2.30. The zero-order valence-corrected chi connectivity index (χ0v) is 18.2. The van der Waals surface area contributed by atoms with E-state index in [1.807, 2.05) is 0 Å². The highest BCUT2D eigenvalue weighted by molar-refractivity contribution is 7.99. The van der Waals surface area contributed by atoms with Gasteiger partial charge in [-0.05, 0) is 43.2 Å². The number of ether oxygens (including phenoxy) is 1. The molecule has 0 bridgehead atoms. The number of hydrogen-bond acceptors (Lipinski definition) is 6. The fraction of sp³-hybridized carbons (Fsp3) is 0.318. The molecule has 1 fully saturated rings. The van der Waals surface area contributed by atoms with E-state index in [0.29, 0.717) is 29.7 Å². The van der Waals surface area contributed by atoms with Gasteiger partial charge in [-0.25, -0.2) is 0 Å². The van der Waals surface area contributed by atoms with E-state index in [9.17, 15) is 23.1 Å². The number of para-hydroxylation sites is 1. The van der Waals surface area contributed by atoms with Crippen molar-refractivity contribution in [3.63, 3.8) is 0 Å². The number of amides is 1. The molecule has 4 rings (SSSR count). The molecule has 1 aliphatic heterocycles. The Morgan fingerprint density at radius 2 is 2.03 bits per heavy atom. The van der Waals surface area contributed by atoms with Gasteiger partial charge in [0.05, 0.1) is 29.5 Å². The van der Waals surface area contributed by atoms with E-state index in [1.165, 1.54) is 12.1 Å². The summed E-state index contributed by atoms with van der Waals surface area (Å²) in [4.78, 5) is 12.4. The van der Waals surface area contributed by atoms with Gasteiger partial charge in [0.15, 0.2) is 11.0 Å². The Balaban J connectivity index is 1.49. The molecule has 0 aliphatic carbocycles. The van der Waals surface area contributed by atoms with E-state index >= 15 is 0 Å². The highest BCUT2D eigenvalue weighted by Crippen LogP contribution is 2.32. The highest BCUT2D eigenvalue weighted by atomic mass is 32.2. The quantitative estimate of drug-likeness (QED) is 0.484. The number of aromatic hydroxyl groups is 1. The lowest BCUT2D eigenvalue weighted by Crippen LogP contribution is -2.18. The molecule has 11 heteroatoms. The van der Waals surface area contributed by atoms with Crippen molar-refractivity contribution in [3.8, 4) is 17.1 Å². The summed E-state index contributed by atoms with van der Waals surface area (Å²) in [6.45, 7) is 1.12. The van der Waals surface area contributed by atoms with Crippen LogP contribution in [0.4, 0.5) is 18.9 Å². The Kier molecular flexibility index (Phi) is 6.89. The number of benzene rings is 2. The minimum Gasteiger partial charge on any atom is -0.507 e. The first-order chi connectivity index (χ1) is 15.8. The first kappa shape index (κ1) is 23.1. The molecule has 3 aromatic rings. The van der Waals surface area contributed by atoms with Crippen LogP contribution in [-0.2, 0) is 22.3 Å². The summed E-state index contributed by atoms with van der Waals surface area (Å²) in [7, 11) is 0. The van der Waals surface area contributed by atoms with Gasteiger partial charge < -0.3 is 15.2 Å². The molecule has 2 heterocycles. The second-order valence-electron chi connectivity index (χ2n) is 7.48. The second kappa shape index (κ2) is 9.84. The normalized spacial score (nSPS) is 16.2. The largest absolute Gasteiger partial charge is 0.507 e. The number of alkyl halides is 3. The van der Waals surface area contributed by atoms with Crippen LogP contribution in [0.3, 0.4) is 0 Å². The van der Waals surface area contributed by atoms with Gasteiger partial charge >= 0.3 is 6.18 Å². The SMILES string of the molecule is O=C(CSc1nnc(-c2ccccc2O)n1C[C@H]1CCCO1)Nc1cccc(C(F)(F)F)c1. The lowest BCUT2D eigenvalue weighted by Gasteiger charge is -2.15. The van der Waals surface area contributed by atoms with Crippen LogP contribution in [0, 0.1) is 0 Å². The number of anilines is 1. The molecule has 0 radical (unpaired) electrons. The molecule has 1 atom stereocenters. The predicted molar refractivity (Wildman–Crippen MR) is 117 cm³/mol. The number of carbonyl (C=O) groups excluding carboxylic acids is 1. The smallest absolute Gasteiger partial charge is 0.416 e. The summed E-state index contributed by atoms with van der Waals surface area (Å²) in [5, 5.41) is 21.6. The third-order valence-electron chi connectivity index (χ3n) is 5.08. The Hall–Kier alpha value is -3.05. The van der Waals surface area contributed by atoms with Gasteiger partial charge in [0.25, 0.3) is 0 Å². The van der Waals surface area contributed by atoms with Crippen molar-refractivity contribution in [3.05, 3.63) is 54.1 Å². The van der Waals surface area contributed by atoms with Crippen LogP contribution in [0.5, 0.6) is 5.75 Å². The van der Waals surface area contributed by atoms with Crippen molar-refractivity contribution in [1.82, 2.24) is 14.8 Å². The van der Waals surface area contributed by atoms with E-state index in [4.69, 9.17) is 4.74 Å². The minimum atomic E-state index is -4.49. The van der Waals surface area contributed by atoms with Crippen molar-refractivity contribution in [2.24, 2.45) is 0 Å². The minimum absolute atomic E-state index is 0.0381. The summed E-state index contributed by atoms with van der Waals surface area (Å²) in [6, 6.07) is 11.2. The van der Waals surface area contributed by atoms with Crippen LogP contribution in [0.2, 0.25) is 0 Å². The van der Waals surface area contributed by atoms with Gasteiger partial charge in [-0.15, -0.1) is 10.2 Å². The number of nitrogens with zero attached hydrogens (tertiary/aromatic N) is 3. The maximum absolute atomic E-state index is 12.9. The third kappa shape index (κ3) is 5.66. The average molecular weight is 478 g/mol. The fourth-order valence-corrected chi connectivity index (χ4v) is 4.26. The first-order valence-corrected chi connectivity index (χ1v) is 11.2. The van der Waals surface area contributed by atoms with Gasteiger partial charge in [-0.1, -0.05) is 30.0 Å². The van der Waals surface area contributed by atoms with Crippen molar-refractivity contribution < 1.29 is 27.8 Å². The Morgan fingerprint density at radius 3 is 2.76 bits per heavy atom. The molecule has 0 saturated carbocycles. The topological polar surface area (TPSA) is 89.3 Å². The Morgan fingerprint density at radius 1 is 1.21 bits per heavy atom. The van der Waals surface area contributed by atoms with Gasteiger partial charge in [0.2, 0.25) is 5.91 Å². The summed E-state index contributed by atoms with van der Waals surface area (Å²) in [5.41, 5.74) is -0.272. The maximum Gasteiger partial charge on any atom is 0.416 e. The summed E-state index contributed by atoms with van der Waals surface area (Å²) in [6.07, 6.45) is -2.71. The van der Waals surface area contributed by atoms with E-state index in [1.54, 1.807) is 28.8 Å². The lowest BCUT2D eigenvalue weighted by molar-refractivity contribution is -0.137. The standard InChI is InChI=1S/C22H21F3N4O3S/c23-22(24,25)14-5-3-6-15(11-14)26-19(31)13-33-21-28-27-20(17-8-1-2-9-18(17)30)29(21)12-16-7-4-10-32-16/h1-3,5-6,8-9,11,16,30H,4,7,10,12-13H2,(H,26,31)/t16-/m1/s1. The summed E-state index contributed by atoms with van der Waals surface area (Å²) in [5.74, 6) is -0.0578. The van der Waals surface area contributed by atoms with E-state index in [0.717, 1.165) is 36.7 Å². The van der Waals surface area contributed by atoms with E-state index < -0.39 is 17.6 Å². The molecule has 2 N–H and O–H groups in total. The van der Waals surface area contributed by atoms with Crippen molar-refractivity contribution >= 4 is 23.4 Å². The number of halogens is 3. The lowest BCUT2D eigenvalue weighted by atomic mass is 10.2. The third-order valence-corrected chi connectivity index (χ3v) is 6.04. The molecule has 1 aliphatic rings. The number of aromatic nitrogens is 3. The molecular formula is C22H21F3N4O3S. The number of rotatable bonds is 7. The van der Waals surface area contributed by atoms with Gasteiger partial charge in [-0.3, -0.25) is 9.36 Å². The summed E-state index contributed by atoms with van der Waals surface area (Å²) < 4.78 is 46.2. The van der Waals surface area contributed by atoms with E-state index in [-0.39, 0.29) is 23.3 Å². The van der Waals surface area contributed by atoms with Crippen LogP contribution in [0.1, 0.15) is 18.4 Å². The molecule has 7 nitrogen and oxygen atoms in total. The molecule has 1 saturated heterocycles. The number of phenolic OH excluding ortho intramolecular Hbond substituents is 1. The van der Waals surface area contributed by atoms with Crippen LogP contribution in [0.15, 0.2) is 53.7 Å². The van der Waals surface area contributed by atoms with Crippen LogP contribution >= 0.6 is 11.8 Å². The molecular weight excluding hydrogens is 457 g/mol. The fourth-order valence-electron chi connectivity index (χ4n) is 3.51. The number of thioether (sulfide) groups is 1. The van der Waals surface area contributed by atoms with E-state index in [2.05, 4.69) is 15.5 Å². The Bertz CT molecular complexity index is 1130. The van der Waals surface area contributed by atoms with Crippen LogP contribution in [0.25, 0.3) is 11.4 Å². The second-order valence-corrected chi connectivity index (χ2v) is 8.43. The molecule has 0 unspecified atom stereocenters. The first-order valence-electron chi connectivity index (χ1n) is 10.2. The maximum atomic E-state index is 12.9. The van der Waals surface area contributed by atoms with Crippen molar-refractivity contribution in [2.75, 3.05) is 17.7 Å². The van der Waals surface area contributed by atoms with Crippen molar-refractivity contribution in [1.29, 1.82) is 0 Å². The monoisotopic (exact) mass is 478 g/mol. The molecule has 1 amide bonds. The molecule has 174 valence electrons. The van der Waals surface area contributed by atoms with Gasteiger partial charge in [0, 0.05) is 12.3 Å². The number of hydrogen-bond donors (Lipinski definition) is 2. The molecule has 33 heavy (non-hydrogen) atoms. The zero-order chi connectivity index (χ0) is 23.4. The number of phenols is 1. The zero-order valence-electron chi connectivity index (χ0n) is 17.4. The summed E-state index contributed by atoms with van der Waals surface area (Å²) >= 11 is 1.11. The Labute approximate surface area is 192 Å². The number of carbonyl (C=O) groups is 1. The molecule has 0 spiro atoms. The number of nitrogens with one attached hydrogen (secondary N) is 1. The molecule has 1 aromatic heterocycles. The van der Waals surface area contributed by atoms with Gasteiger partial charge in [0.1, 0.15) is 5.75 Å². The van der Waals surface area contributed by atoms with Crippen LogP contribution in [-0.4, -0.2) is 44.2 Å². The average Bonchev–Trinajstić information content (AvgIpc) is 3.43.